The molecule has 0 saturated heterocycles. The summed E-state index contributed by atoms with van der Waals surface area (Å²) in [4.78, 5) is 33.4. The Kier molecular flexibility index (Phi) is 6.84. The second kappa shape index (κ2) is 9.54. The molecule has 2 aromatic rings. The number of likely N-dealkylation sites (N-methyl/N-ethyl adjacent to an activating group) is 1. The van der Waals surface area contributed by atoms with Gasteiger partial charge in [0.25, 0.3) is 11.8 Å². The molecule has 1 N–H and O–H groups in total. The quantitative estimate of drug-likeness (QED) is 0.640. The Morgan fingerprint density at radius 3 is 2.43 bits per heavy atom. The lowest BCUT2D eigenvalue weighted by Gasteiger charge is -2.20. The molecule has 30 heavy (non-hydrogen) atoms. The van der Waals surface area contributed by atoms with E-state index in [1.165, 1.54) is 4.90 Å². The Hall–Kier alpha value is -3.19. The average molecular weight is 409 g/mol. The first-order valence-corrected chi connectivity index (χ1v) is 9.98. The summed E-state index contributed by atoms with van der Waals surface area (Å²) in [5.74, 6) is 0.346. The van der Waals surface area contributed by atoms with Crippen molar-refractivity contribution in [3.63, 3.8) is 0 Å². The van der Waals surface area contributed by atoms with E-state index in [0.29, 0.717) is 35.1 Å². The van der Waals surface area contributed by atoms with E-state index in [0.717, 1.165) is 0 Å². The molecule has 0 spiro atoms. The van der Waals surface area contributed by atoms with Crippen molar-refractivity contribution in [1.82, 2.24) is 14.8 Å². The molecule has 0 radical (unpaired) electrons. The van der Waals surface area contributed by atoms with Crippen molar-refractivity contribution in [2.75, 3.05) is 26.8 Å². The minimum Gasteiger partial charge on any atom is -0.493 e. The van der Waals surface area contributed by atoms with E-state index in [1.807, 2.05) is 6.07 Å². The number of aromatic nitrogens is 1. The second-order valence-corrected chi connectivity index (χ2v) is 7.62. The lowest BCUT2D eigenvalue weighted by Crippen LogP contribution is -2.34. The van der Waals surface area contributed by atoms with Gasteiger partial charge in [-0.3, -0.25) is 19.5 Å². The number of amides is 2. The van der Waals surface area contributed by atoms with Gasteiger partial charge in [0.05, 0.1) is 31.0 Å². The van der Waals surface area contributed by atoms with Crippen molar-refractivity contribution in [3.8, 4) is 5.75 Å². The highest BCUT2D eigenvalue weighted by Crippen LogP contribution is 2.32. The second-order valence-electron chi connectivity index (χ2n) is 7.62. The van der Waals surface area contributed by atoms with Crippen molar-refractivity contribution in [3.05, 3.63) is 65.6 Å². The van der Waals surface area contributed by atoms with Crippen LogP contribution in [0.5, 0.6) is 5.75 Å². The minimum absolute atomic E-state index is 0.0913. The highest BCUT2D eigenvalue weighted by atomic mass is 16.5. The highest BCUT2D eigenvalue weighted by molar-refractivity contribution is 6.35. The Morgan fingerprint density at radius 1 is 1.10 bits per heavy atom. The zero-order valence-electron chi connectivity index (χ0n) is 17.5. The maximum Gasteiger partial charge on any atom is 0.278 e. The van der Waals surface area contributed by atoms with Crippen LogP contribution >= 0.6 is 0 Å². The first kappa shape index (κ1) is 21.5. The molecule has 1 aromatic carbocycles. The summed E-state index contributed by atoms with van der Waals surface area (Å²) in [6.45, 7) is 4.95. The Labute approximate surface area is 176 Å². The minimum atomic E-state index is -0.392. The highest BCUT2D eigenvalue weighted by Gasteiger charge is 2.40. The van der Waals surface area contributed by atoms with Crippen molar-refractivity contribution in [2.45, 2.75) is 20.4 Å². The number of aliphatic hydroxyl groups excluding tert-OH is 1. The monoisotopic (exact) mass is 409 g/mol. The maximum absolute atomic E-state index is 13.2. The lowest BCUT2D eigenvalue weighted by atomic mass is 10.0. The van der Waals surface area contributed by atoms with E-state index in [-0.39, 0.29) is 31.3 Å². The average Bonchev–Trinajstić information content (AvgIpc) is 2.98. The van der Waals surface area contributed by atoms with E-state index in [9.17, 15) is 14.7 Å². The third-order valence-electron chi connectivity index (χ3n) is 4.73. The SMILES string of the molecule is CC(C)COc1ccc(C2=C(N(C)CCO)C(=O)N(Cc3ccccn3)C2=O)cc1. The van der Waals surface area contributed by atoms with E-state index >= 15 is 0 Å². The topological polar surface area (TPSA) is 83.0 Å². The normalized spacial score (nSPS) is 14.1. The number of hydrogen-bond acceptors (Lipinski definition) is 6. The molecule has 158 valence electrons. The number of carbonyl (C=O) groups excluding carboxylic acids is 2. The number of benzene rings is 1. The van der Waals surface area contributed by atoms with Gasteiger partial charge in [-0.25, -0.2) is 0 Å². The molecule has 0 atom stereocenters. The van der Waals surface area contributed by atoms with Gasteiger partial charge in [0.1, 0.15) is 11.4 Å². The van der Waals surface area contributed by atoms with Crippen LogP contribution in [-0.2, 0) is 16.1 Å². The molecule has 7 nitrogen and oxygen atoms in total. The van der Waals surface area contributed by atoms with Crippen molar-refractivity contribution < 1.29 is 19.4 Å². The molecule has 2 amide bonds. The first-order valence-electron chi connectivity index (χ1n) is 9.98. The number of pyridine rings is 1. The van der Waals surface area contributed by atoms with Crippen molar-refractivity contribution in [2.24, 2.45) is 5.92 Å². The number of ether oxygens (including phenoxy) is 1. The standard InChI is InChI=1S/C23H27N3O4/c1-16(2)15-30-19-9-7-17(8-10-19)20-21(25(3)12-13-27)23(29)26(22(20)28)14-18-6-4-5-11-24-18/h4-11,16,27H,12-15H2,1-3H3. The number of nitrogens with zero attached hydrogens (tertiary/aromatic N) is 3. The molecule has 0 bridgehead atoms. The predicted octanol–water partition coefficient (Wildman–Crippen LogP) is 2.32. The van der Waals surface area contributed by atoms with Crippen molar-refractivity contribution in [1.29, 1.82) is 0 Å². The largest absolute Gasteiger partial charge is 0.493 e. The zero-order chi connectivity index (χ0) is 21.7. The van der Waals surface area contributed by atoms with Gasteiger partial charge in [-0.05, 0) is 35.7 Å². The van der Waals surface area contributed by atoms with Gasteiger partial charge in [-0.15, -0.1) is 0 Å². The van der Waals surface area contributed by atoms with Gasteiger partial charge in [0.2, 0.25) is 0 Å². The Balaban J connectivity index is 1.93. The molecular formula is C23H27N3O4. The summed E-state index contributed by atoms with van der Waals surface area (Å²) in [6, 6.07) is 12.5. The summed E-state index contributed by atoms with van der Waals surface area (Å²) in [5.41, 5.74) is 1.86. The molecule has 0 aliphatic carbocycles. The van der Waals surface area contributed by atoms with Crippen molar-refractivity contribution >= 4 is 17.4 Å². The zero-order valence-corrected chi connectivity index (χ0v) is 17.5. The van der Waals surface area contributed by atoms with Gasteiger partial charge >= 0.3 is 0 Å². The van der Waals surface area contributed by atoms with Crippen LogP contribution in [0.3, 0.4) is 0 Å². The molecule has 0 saturated carbocycles. The third-order valence-corrected chi connectivity index (χ3v) is 4.73. The first-order chi connectivity index (χ1) is 14.4. The fourth-order valence-corrected chi connectivity index (χ4v) is 3.22. The van der Waals surface area contributed by atoms with Crippen LogP contribution in [0.1, 0.15) is 25.1 Å². The summed E-state index contributed by atoms with van der Waals surface area (Å²) in [5, 5.41) is 9.35. The summed E-state index contributed by atoms with van der Waals surface area (Å²) in [6.07, 6.45) is 1.63. The summed E-state index contributed by atoms with van der Waals surface area (Å²) in [7, 11) is 1.70. The number of rotatable bonds is 9. The van der Waals surface area contributed by atoms with E-state index < -0.39 is 5.91 Å². The lowest BCUT2D eigenvalue weighted by molar-refractivity contribution is -0.138. The Bertz CT molecular complexity index is 923. The summed E-state index contributed by atoms with van der Waals surface area (Å²) < 4.78 is 5.72. The van der Waals surface area contributed by atoms with Crippen LogP contribution in [0.4, 0.5) is 0 Å². The van der Waals surface area contributed by atoms with Crippen LogP contribution in [0.2, 0.25) is 0 Å². The summed E-state index contributed by atoms with van der Waals surface area (Å²) >= 11 is 0. The molecule has 3 rings (SSSR count). The van der Waals surface area contributed by atoms with Crippen LogP contribution in [0.25, 0.3) is 5.57 Å². The number of carbonyl (C=O) groups is 2. The molecule has 1 aromatic heterocycles. The van der Waals surface area contributed by atoms with E-state index in [2.05, 4.69) is 18.8 Å². The van der Waals surface area contributed by atoms with Gasteiger partial charge in [-0.1, -0.05) is 32.0 Å². The van der Waals surface area contributed by atoms with Crippen LogP contribution in [0, 0.1) is 5.92 Å². The number of aliphatic hydroxyl groups is 1. The fraction of sp³-hybridized carbons (Fsp3) is 0.348. The molecule has 7 heteroatoms. The molecule has 0 fully saturated rings. The van der Waals surface area contributed by atoms with Crippen LogP contribution in [-0.4, -0.2) is 58.5 Å². The van der Waals surface area contributed by atoms with Gasteiger partial charge in [0.15, 0.2) is 0 Å². The molecular weight excluding hydrogens is 382 g/mol. The van der Waals surface area contributed by atoms with Gasteiger partial charge in [0, 0.05) is 19.8 Å². The van der Waals surface area contributed by atoms with Crippen LogP contribution < -0.4 is 4.74 Å². The van der Waals surface area contributed by atoms with Crippen LogP contribution in [0.15, 0.2) is 54.4 Å². The molecule has 2 heterocycles. The van der Waals surface area contributed by atoms with Gasteiger partial charge < -0.3 is 14.7 Å². The maximum atomic E-state index is 13.2. The van der Waals surface area contributed by atoms with E-state index in [4.69, 9.17) is 4.74 Å². The third kappa shape index (κ3) is 4.68. The van der Waals surface area contributed by atoms with E-state index in [1.54, 1.807) is 54.5 Å². The molecule has 1 aliphatic heterocycles. The fourth-order valence-electron chi connectivity index (χ4n) is 3.22. The van der Waals surface area contributed by atoms with Gasteiger partial charge in [-0.2, -0.15) is 0 Å². The molecule has 0 unspecified atom stereocenters. The Morgan fingerprint density at radius 2 is 1.83 bits per heavy atom. The number of imide groups is 1. The smallest absolute Gasteiger partial charge is 0.278 e. The predicted molar refractivity (Wildman–Crippen MR) is 113 cm³/mol. The number of hydrogen-bond donors (Lipinski definition) is 1. The molecule has 1 aliphatic rings.